The standard InChI is InChI=1S/C4H5N3O/c1-7-3-2-4(5-7)6-8/h2-3H,1H3. The molecule has 0 aliphatic heterocycles. The molecule has 0 spiro atoms. The first kappa shape index (κ1) is 4.96. The highest BCUT2D eigenvalue weighted by Gasteiger charge is 1.90. The van der Waals surface area contributed by atoms with Crippen LogP contribution in [0.1, 0.15) is 0 Å². The average Bonchev–Trinajstić information content (AvgIpc) is 2.14. The molecule has 8 heavy (non-hydrogen) atoms. The zero-order valence-electron chi connectivity index (χ0n) is 4.40. The van der Waals surface area contributed by atoms with E-state index in [9.17, 15) is 4.91 Å². The molecular formula is C4H5N3O. The molecule has 0 saturated carbocycles. The molecule has 0 fully saturated rings. The summed E-state index contributed by atoms with van der Waals surface area (Å²) in [5.41, 5.74) is 0. The molecular weight excluding hydrogens is 106 g/mol. The molecule has 0 bridgehead atoms. The molecule has 1 aromatic heterocycles. The van der Waals surface area contributed by atoms with Crippen molar-refractivity contribution in [3.8, 4) is 0 Å². The third-order valence-electron chi connectivity index (χ3n) is 0.793. The first-order chi connectivity index (χ1) is 3.83. The zero-order chi connectivity index (χ0) is 5.98. The molecule has 0 unspecified atom stereocenters. The van der Waals surface area contributed by atoms with Crippen LogP contribution in [0.2, 0.25) is 0 Å². The van der Waals surface area contributed by atoms with Crippen LogP contribution in [0.15, 0.2) is 17.4 Å². The average molecular weight is 111 g/mol. The third kappa shape index (κ3) is 0.726. The topological polar surface area (TPSA) is 47.2 Å². The first-order valence-corrected chi connectivity index (χ1v) is 2.16. The van der Waals surface area contributed by atoms with Gasteiger partial charge >= 0.3 is 0 Å². The van der Waals surface area contributed by atoms with E-state index < -0.39 is 0 Å². The lowest BCUT2D eigenvalue weighted by Crippen LogP contribution is -1.84. The van der Waals surface area contributed by atoms with Crippen LogP contribution in [0.3, 0.4) is 0 Å². The number of aromatic nitrogens is 2. The fraction of sp³-hybridized carbons (Fsp3) is 0.250. The van der Waals surface area contributed by atoms with Crippen molar-refractivity contribution in [2.45, 2.75) is 0 Å². The molecule has 0 atom stereocenters. The van der Waals surface area contributed by atoms with Gasteiger partial charge in [0.1, 0.15) is 0 Å². The molecule has 42 valence electrons. The summed E-state index contributed by atoms with van der Waals surface area (Å²) in [4.78, 5) is 9.69. The zero-order valence-corrected chi connectivity index (χ0v) is 4.40. The highest BCUT2D eigenvalue weighted by Crippen LogP contribution is 2.02. The Balaban J connectivity index is 3.00. The number of nitroso groups, excluding NO2 is 1. The quantitative estimate of drug-likeness (QED) is 0.503. The van der Waals surface area contributed by atoms with E-state index in [-0.39, 0.29) is 5.82 Å². The highest BCUT2D eigenvalue weighted by atomic mass is 16.3. The predicted molar refractivity (Wildman–Crippen MR) is 28.7 cm³/mol. The SMILES string of the molecule is Cn1ccc(N=O)n1. The van der Waals surface area contributed by atoms with Gasteiger partial charge in [-0.2, -0.15) is 0 Å². The number of hydrogen-bond donors (Lipinski definition) is 0. The van der Waals surface area contributed by atoms with Crippen LogP contribution in [-0.2, 0) is 7.05 Å². The molecule has 0 radical (unpaired) electrons. The van der Waals surface area contributed by atoms with Crippen LogP contribution in [0.4, 0.5) is 5.82 Å². The van der Waals surface area contributed by atoms with Crippen molar-refractivity contribution in [3.05, 3.63) is 17.2 Å². The number of aryl methyl sites for hydroxylation is 1. The van der Waals surface area contributed by atoms with Crippen molar-refractivity contribution in [1.82, 2.24) is 9.78 Å². The van der Waals surface area contributed by atoms with E-state index in [1.165, 1.54) is 4.68 Å². The summed E-state index contributed by atoms with van der Waals surface area (Å²) >= 11 is 0. The predicted octanol–water partition coefficient (Wildman–Crippen LogP) is 0.818. The fourth-order valence-electron chi connectivity index (χ4n) is 0.451. The smallest absolute Gasteiger partial charge is 0.217 e. The lowest BCUT2D eigenvalue weighted by molar-refractivity contribution is 0.768. The van der Waals surface area contributed by atoms with Crippen molar-refractivity contribution in [3.63, 3.8) is 0 Å². The van der Waals surface area contributed by atoms with Crippen molar-refractivity contribution in [2.24, 2.45) is 12.2 Å². The Labute approximate surface area is 46.1 Å². The first-order valence-electron chi connectivity index (χ1n) is 2.16. The van der Waals surface area contributed by atoms with Crippen LogP contribution < -0.4 is 0 Å². The minimum absolute atomic E-state index is 0.229. The third-order valence-corrected chi connectivity index (χ3v) is 0.793. The largest absolute Gasteiger partial charge is 0.274 e. The molecule has 1 rings (SSSR count). The van der Waals surface area contributed by atoms with Crippen molar-refractivity contribution in [2.75, 3.05) is 0 Å². The van der Waals surface area contributed by atoms with Gasteiger partial charge in [0.25, 0.3) is 0 Å². The summed E-state index contributed by atoms with van der Waals surface area (Å²) in [6.07, 6.45) is 1.66. The van der Waals surface area contributed by atoms with E-state index in [0.29, 0.717) is 0 Å². The van der Waals surface area contributed by atoms with Gasteiger partial charge in [0, 0.05) is 19.3 Å². The normalized spacial score (nSPS) is 9.12. The Morgan fingerprint density at radius 3 is 2.88 bits per heavy atom. The Bertz CT molecular complexity index is 193. The van der Waals surface area contributed by atoms with Crippen LogP contribution in [-0.4, -0.2) is 9.78 Å². The minimum Gasteiger partial charge on any atom is -0.274 e. The summed E-state index contributed by atoms with van der Waals surface area (Å²) in [6, 6.07) is 1.55. The summed E-state index contributed by atoms with van der Waals surface area (Å²) in [5, 5.41) is 6.28. The molecule has 0 aliphatic rings. The van der Waals surface area contributed by atoms with Gasteiger partial charge < -0.3 is 0 Å². The van der Waals surface area contributed by atoms with Crippen LogP contribution in [0.25, 0.3) is 0 Å². The second kappa shape index (κ2) is 1.73. The summed E-state index contributed by atoms with van der Waals surface area (Å²) in [6.45, 7) is 0. The van der Waals surface area contributed by atoms with E-state index >= 15 is 0 Å². The lowest BCUT2D eigenvalue weighted by atomic mass is 10.7. The van der Waals surface area contributed by atoms with Gasteiger partial charge in [-0.3, -0.25) is 4.68 Å². The molecule has 1 heterocycles. The van der Waals surface area contributed by atoms with E-state index in [4.69, 9.17) is 0 Å². The second-order valence-corrected chi connectivity index (χ2v) is 1.44. The summed E-state index contributed by atoms with van der Waals surface area (Å²) in [7, 11) is 1.73. The molecule has 0 N–H and O–H groups in total. The summed E-state index contributed by atoms with van der Waals surface area (Å²) < 4.78 is 1.52. The van der Waals surface area contributed by atoms with E-state index in [0.717, 1.165) is 0 Å². The van der Waals surface area contributed by atoms with Gasteiger partial charge in [0.15, 0.2) is 0 Å². The van der Waals surface area contributed by atoms with Gasteiger partial charge in [-0.1, -0.05) is 0 Å². The molecule has 1 aromatic rings. The van der Waals surface area contributed by atoms with Gasteiger partial charge in [-0.25, -0.2) is 0 Å². The fourth-order valence-corrected chi connectivity index (χ4v) is 0.451. The van der Waals surface area contributed by atoms with Crippen molar-refractivity contribution < 1.29 is 0 Å². The monoisotopic (exact) mass is 111 g/mol. The van der Waals surface area contributed by atoms with Crippen LogP contribution in [0, 0.1) is 4.91 Å². The Kier molecular flexibility index (Phi) is 1.07. The number of hydrogen-bond acceptors (Lipinski definition) is 3. The van der Waals surface area contributed by atoms with E-state index in [2.05, 4.69) is 10.3 Å². The van der Waals surface area contributed by atoms with Gasteiger partial charge in [-0.15, -0.1) is 10.0 Å². The van der Waals surface area contributed by atoms with Crippen molar-refractivity contribution in [1.29, 1.82) is 0 Å². The van der Waals surface area contributed by atoms with E-state index in [1.807, 2.05) is 0 Å². The Morgan fingerprint density at radius 2 is 2.62 bits per heavy atom. The molecule has 0 aliphatic carbocycles. The van der Waals surface area contributed by atoms with Gasteiger partial charge in [-0.05, 0) is 5.18 Å². The molecule has 0 amide bonds. The minimum atomic E-state index is 0.229. The van der Waals surface area contributed by atoms with Crippen LogP contribution >= 0.6 is 0 Å². The molecule has 4 nitrogen and oxygen atoms in total. The van der Waals surface area contributed by atoms with Gasteiger partial charge in [0.05, 0.1) is 0 Å². The number of rotatable bonds is 1. The summed E-state index contributed by atoms with van der Waals surface area (Å²) in [5.74, 6) is 0.229. The lowest BCUT2D eigenvalue weighted by Gasteiger charge is -1.78. The molecule has 4 heteroatoms. The highest BCUT2D eigenvalue weighted by molar-refractivity contribution is 5.22. The maximum atomic E-state index is 9.69. The van der Waals surface area contributed by atoms with Crippen LogP contribution in [0.5, 0.6) is 0 Å². The maximum absolute atomic E-state index is 9.69. The Hall–Kier alpha value is -1.19. The van der Waals surface area contributed by atoms with E-state index in [1.54, 1.807) is 19.3 Å². The van der Waals surface area contributed by atoms with Crippen molar-refractivity contribution >= 4 is 5.82 Å². The molecule has 0 aromatic carbocycles. The molecule has 0 saturated heterocycles. The second-order valence-electron chi connectivity index (χ2n) is 1.44. The maximum Gasteiger partial charge on any atom is 0.217 e. The van der Waals surface area contributed by atoms with Gasteiger partial charge in [0.2, 0.25) is 5.82 Å². The number of nitrogens with zero attached hydrogens (tertiary/aromatic N) is 3. The Morgan fingerprint density at radius 1 is 1.88 bits per heavy atom.